The monoisotopic (exact) mass is 379 g/mol. The Morgan fingerprint density at radius 2 is 1.78 bits per heavy atom. The maximum Gasteiger partial charge on any atom is 0.337 e. The maximum atomic E-state index is 11.7. The van der Waals surface area contributed by atoms with Gasteiger partial charge < -0.3 is 15.4 Å². The van der Waals surface area contributed by atoms with Gasteiger partial charge in [0.1, 0.15) is 24.0 Å². The molecule has 0 fully saturated rings. The highest BCUT2D eigenvalue weighted by Gasteiger charge is 2.10. The van der Waals surface area contributed by atoms with E-state index in [9.17, 15) is 10.1 Å². The minimum atomic E-state index is -0.465. The van der Waals surface area contributed by atoms with Gasteiger partial charge in [-0.2, -0.15) is 5.26 Å². The third-order valence-corrected chi connectivity index (χ3v) is 3.96. The van der Waals surface area contributed by atoms with Gasteiger partial charge >= 0.3 is 5.97 Å². The number of halogens is 1. The molecular weight excluding hydrogens is 366 g/mol. The van der Waals surface area contributed by atoms with Crippen molar-refractivity contribution in [2.45, 2.75) is 0 Å². The van der Waals surface area contributed by atoms with Gasteiger partial charge in [0.15, 0.2) is 0 Å². The lowest BCUT2D eigenvalue weighted by molar-refractivity contribution is 0.0601. The summed E-state index contributed by atoms with van der Waals surface area (Å²) in [7, 11) is 1.31. The Hall–Kier alpha value is -3.63. The lowest BCUT2D eigenvalue weighted by atomic mass is 10.2. The summed E-state index contributed by atoms with van der Waals surface area (Å²) in [5.41, 5.74) is 2.00. The van der Waals surface area contributed by atoms with Gasteiger partial charge in [0.05, 0.1) is 34.6 Å². The van der Waals surface area contributed by atoms with Crippen molar-refractivity contribution < 1.29 is 9.53 Å². The summed E-state index contributed by atoms with van der Waals surface area (Å²) in [6, 6.07) is 15.6. The molecule has 0 aliphatic rings. The van der Waals surface area contributed by atoms with Crippen molar-refractivity contribution in [3.05, 3.63) is 71.0 Å². The van der Waals surface area contributed by atoms with Crippen molar-refractivity contribution in [2.24, 2.45) is 0 Å². The van der Waals surface area contributed by atoms with Crippen LogP contribution in [0.5, 0.6) is 0 Å². The normalized spacial score (nSPS) is 9.96. The van der Waals surface area contributed by atoms with Gasteiger partial charge in [0.25, 0.3) is 0 Å². The first-order valence-electron chi connectivity index (χ1n) is 7.84. The molecule has 0 radical (unpaired) electrons. The number of methoxy groups -OCH3 is 1. The predicted molar refractivity (Wildman–Crippen MR) is 103 cm³/mol. The van der Waals surface area contributed by atoms with E-state index in [-0.39, 0.29) is 0 Å². The highest BCUT2D eigenvalue weighted by atomic mass is 35.5. The summed E-state index contributed by atoms with van der Waals surface area (Å²) in [4.78, 5) is 20.0. The Labute approximate surface area is 160 Å². The quantitative estimate of drug-likeness (QED) is 0.638. The van der Waals surface area contributed by atoms with Gasteiger partial charge in [-0.1, -0.05) is 23.7 Å². The van der Waals surface area contributed by atoms with E-state index >= 15 is 0 Å². The molecule has 0 aliphatic heterocycles. The number of nitrogens with one attached hydrogen (secondary N) is 2. The third-order valence-electron chi connectivity index (χ3n) is 3.63. The number of carbonyl (C=O) groups is 1. The molecule has 0 unspecified atom stereocenters. The van der Waals surface area contributed by atoms with Gasteiger partial charge in [0, 0.05) is 6.07 Å². The number of hydrogen-bond donors (Lipinski definition) is 2. The number of nitrogens with zero attached hydrogens (tertiary/aromatic N) is 3. The highest BCUT2D eigenvalue weighted by molar-refractivity contribution is 6.33. The average molecular weight is 380 g/mol. The molecule has 0 amide bonds. The molecule has 2 N–H and O–H groups in total. The Bertz CT molecular complexity index is 1030. The molecule has 0 aliphatic carbocycles. The van der Waals surface area contributed by atoms with Gasteiger partial charge in [-0.05, 0) is 30.3 Å². The Morgan fingerprint density at radius 3 is 2.48 bits per heavy atom. The van der Waals surface area contributed by atoms with Crippen LogP contribution in [0.3, 0.4) is 0 Å². The van der Waals surface area contributed by atoms with Crippen LogP contribution in [-0.2, 0) is 4.74 Å². The summed E-state index contributed by atoms with van der Waals surface area (Å²) in [6.45, 7) is 0. The summed E-state index contributed by atoms with van der Waals surface area (Å²) < 4.78 is 4.72. The van der Waals surface area contributed by atoms with E-state index in [1.807, 2.05) is 6.07 Å². The van der Waals surface area contributed by atoms with Crippen LogP contribution in [0.15, 0.2) is 54.9 Å². The standard InChI is InChI=1S/C19H14ClN5O2/c1-27-19(26)12-6-7-14(20)16(8-12)25-18-9-17(22-11-23-18)24-15-5-3-2-4-13(15)10-21/h2-9,11H,1H3,(H2,22,23,24,25). The number of rotatable bonds is 5. The summed E-state index contributed by atoms with van der Waals surface area (Å²) in [5.74, 6) is 0.495. The fourth-order valence-corrected chi connectivity index (χ4v) is 2.49. The second kappa shape index (κ2) is 8.17. The molecule has 7 nitrogen and oxygen atoms in total. The lowest BCUT2D eigenvalue weighted by Gasteiger charge is -2.11. The average Bonchev–Trinajstić information content (AvgIpc) is 2.70. The smallest absolute Gasteiger partial charge is 0.337 e. The molecule has 0 saturated carbocycles. The van der Waals surface area contributed by atoms with Crippen LogP contribution in [0, 0.1) is 11.3 Å². The van der Waals surface area contributed by atoms with Gasteiger partial charge in [-0.3, -0.25) is 0 Å². The van der Waals surface area contributed by atoms with Crippen LogP contribution in [0.2, 0.25) is 5.02 Å². The Kier molecular flexibility index (Phi) is 5.50. The van der Waals surface area contributed by atoms with Crippen molar-refractivity contribution in [1.82, 2.24) is 9.97 Å². The molecule has 0 atom stereocenters. The number of nitriles is 1. The summed E-state index contributed by atoms with van der Waals surface area (Å²) in [6.07, 6.45) is 1.37. The molecule has 1 aromatic heterocycles. The van der Waals surface area contributed by atoms with Crippen molar-refractivity contribution >= 4 is 40.6 Å². The van der Waals surface area contributed by atoms with Gasteiger partial charge in [-0.15, -0.1) is 0 Å². The van der Waals surface area contributed by atoms with Crippen LogP contribution in [-0.4, -0.2) is 23.0 Å². The SMILES string of the molecule is COC(=O)c1ccc(Cl)c(Nc2cc(Nc3ccccc3C#N)ncn2)c1. The van der Waals surface area contributed by atoms with Crippen LogP contribution in [0.1, 0.15) is 15.9 Å². The van der Waals surface area contributed by atoms with E-state index in [0.717, 1.165) is 0 Å². The molecule has 2 aromatic carbocycles. The minimum absolute atomic E-state index is 0.361. The van der Waals surface area contributed by atoms with Gasteiger partial charge in [0.2, 0.25) is 0 Å². The molecule has 3 rings (SSSR count). The van der Waals surface area contributed by atoms with E-state index < -0.39 is 5.97 Å². The fraction of sp³-hybridized carbons (Fsp3) is 0.0526. The fourth-order valence-electron chi connectivity index (χ4n) is 2.33. The van der Waals surface area contributed by atoms with Crippen molar-refractivity contribution in [3.8, 4) is 6.07 Å². The molecular formula is C19H14ClN5O2. The zero-order valence-electron chi connectivity index (χ0n) is 14.2. The lowest BCUT2D eigenvalue weighted by Crippen LogP contribution is -2.03. The van der Waals surface area contributed by atoms with E-state index in [2.05, 4.69) is 26.7 Å². The largest absolute Gasteiger partial charge is 0.465 e. The number of benzene rings is 2. The minimum Gasteiger partial charge on any atom is -0.465 e. The third kappa shape index (κ3) is 4.32. The zero-order valence-corrected chi connectivity index (χ0v) is 15.0. The first-order chi connectivity index (χ1) is 13.1. The van der Waals surface area contributed by atoms with Crippen molar-refractivity contribution in [2.75, 3.05) is 17.7 Å². The Morgan fingerprint density at radius 1 is 1.07 bits per heavy atom. The molecule has 8 heteroatoms. The van der Waals surface area contributed by atoms with Crippen LogP contribution >= 0.6 is 11.6 Å². The Balaban J connectivity index is 1.84. The molecule has 3 aromatic rings. The van der Waals surface area contributed by atoms with Crippen LogP contribution in [0.4, 0.5) is 23.0 Å². The summed E-state index contributed by atoms with van der Waals surface area (Å²) >= 11 is 6.19. The topological polar surface area (TPSA) is 99.9 Å². The number of aromatic nitrogens is 2. The van der Waals surface area contributed by atoms with E-state index in [0.29, 0.717) is 39.2 Å². The van der Waals surface area contributed by atoms with Crippen LogP contribution < -0.4 is 10.6 Å². The van der Waals surface area contributed by atoms with Crippen LogP contribution in [0.25, 0.3) is 0 Å². The first kappa shape index (κ1) is 18.2. The zero-order chi connectivity index (χ0) is 19.2. The molecule has 1 heterocycles. The maximum absolute atomic E-state index is 11.7. The highest BCUT2D eigenvalue weighted by Crippen LogP contribution is 2.27. The molecule has 0 spiro atoms. The number of anilines is 4. The van der Waals surface area contributed by atoms with E-state index in [1.54, 1.807) is 42.5 Å². The molecule has 0 saturated heterocycles. The van der Waals surface area contributed by atoms with Gasteiger partial charge in [-0.25, -0.2) is 14.8 Å². The summed E-state index contributed by atoms with van der Waals surface area (Å²) in [5, 5.41) is 15.7. The molecule has 134 valence electrons. The molecule has 27 heavy (non-hydrogen) atoms. The second-order valence-corrected chi connectivity index (χ2v) is 5.79. The molecule has 0 bridgehead atoms. The second-order valence-electron chi connectivity index (χ2n) is 5.38. The number of esters is 1. The van der Waals surface area contributed by atoms with E-state index in [4.69, 9.17) is 16.3 Å². The first-order valence-corrected chi connectivity index (χ1v) is 8.21. The van der Waals surface area contributed by atoms with Crippen molar-refractivity contribution in [3.63, 3.8) is 0 Å². The number of para-hydroxylation sites is 1. The predicted octanol–water partition coefficient (Wildman–Crippen LogP) is 4.28. The number of ether oxygens (including phenoxy) is 1. The number of carbonyl (C=O) groups excluding carboxylic acids is 1. The van der Waals surface area contributed by atoms with E-state index in [1.165, 1.54) is 13.4 Å². The number of hydrogen-bond acceptors (Lipinski definition) is 7. The van der Waals surface area contributed by atoms with Crippen molar-refractivity contribution in [1.29, 1.82) is 5.26 Å².